The van der Waals surface area contributed by atoms with Gasteiger partial charge in [0.15, 0.2) is 0 Å². The number of rotatable bonds is 3. The Morgan fingerprint density at radius 1 is 1.41 bits per heavy atom. The van der Waals surface area contributed by atoms with Crippen molar-refractivity contribution in [2.24, 2.45) is 0 Å². The van der Waals surface area contributed by atoms with Crippen molar-refractivity contribution >= 4 is 11.5 Å². The van der Waals surface area contributed by atoms with Crippen molar-refractivity contribution in [3.63, 3.8) is 0 Å². The van der Waals surface area contributed by atoms with Gasteiger partial charge in [0, 0.05) is 12.6 Å². The molecule has 0 spiro atoms. The van der Waals surface area contributed by atoms with Crippen molar-refractivity contribution in [1.29, 1.82) is 5.26 Å². The first-order valence-electron chi connectivity index (χ1n) is 7.04. The number of nitriles is 1. The van der Waals surface area contributed by atoms with Gasteiger partial charge >= 0.3 is 0 Å². The molecule has 7 nitrogen and oxygen atoms in total. The number of hydrogen-bond donors (Lipinski definition) is 2. The van der Waals surface area contributed by atoms with Crippen molar-refractivity contribution in [3.05, 3.63) is 41.6 Å². The summed E-state index contributed by atoms with van der Waals surface area (Å²) in [6, 6.07) is 7.43. The minimum atomic E-state index is 0.0788. The maximum absolute atomic E-state index is 8.76. The van der Waals surface area contributed by atoms with Crippen molar-refractivity contribution in [3.8, 4) is 6.07 Å². The minimum Gasteiger partial charge on any atom is -0.378 e. The largest absolute Gasteiger partial charge is 0.378 e. The predicted molar refractivity (Wildman–Crippen MR) is 80.6 cm³/mol. The zero-order valence-corrected chi connectivity index (χ0v) is 12.2. The Kier molecular flexibility index (Phi) is 4.23. The summed E-state index contributed by atoms with van der Waals surface area (Å²) in [4.78, 5) is 12.9. The molecule has 1 fully saturated rings. The number of aryl methyl sites for hydroxylation is 1. The fraction of sp³-hybridized carbons (Fsp3) is 0.333. The molecule has 112 valence electrons. The van der Waals surface area contributed by atoms with Gasteiger partial charge in [-0.2, -0.15) is 5.26 Å². The molecule has 2 aromatic rings. The van der Waals surface area contributed by atoms with E-state index in [2.05, 4.69) is 25.6 Å². The number of hydrogen-bond acceptors (Lipinski definition) is 7. The highest BCUT2D eigenvalue weighted by molar-refractivity contribution is 5.55. The Hall–Kier alpha value is -2.56. The van der Waals surface area contributed by atoms with E-state index in [-0.39, 0.29) is 6.04 Å². The Morgan fingerprint density at radius 3 is 3.00 bits per heavy atom. The van der Waals surface area contributed by atoms with Crippen LogP contribution in [0.3, 0.4) is 0 Å². The predicted octanol–water partition coefficient (Wildman–Crippen LogP) is 1.46. The summed E-state index contributed by atoms with van der Waals surface area (Å²) in [6.07, 6.45) is 1.61. The lowest BCUT2D eigenvalue weighted by Crippen LogP contribution is -2.35. The lowest BCUT2D eigenvalue weighted by molar-refractivity contribution is 0.0755. The molecule has 1 aliphatic heterocycles. The molecule has 1 aliphatic rings. The van der Waals surface area contributed by atoms with Crippen LogP contribution in [-0.2, 0) is 4.74 Å². The number of nitrogens with one attached hydrogen (secondary N) is 2. The van der Waals surface area contributed by atoms with Crippen LogP contribution in [0.25, 0.3) is 0 Å². The summed E-state index contributed by atoms with van der Waals surface area (Å²) in [7, 11) is 0. The normalized spacial score (nSPS) is 17.7. The molecule has 0 bridgehead atoms. The van der Waals surface area contributed by atoms with Crippen LogP contribution in [0.1, 0.15) is 23.3 Å². The first kappa shape index (κ1) is 14.4. The summed E-state index contributed by atoms with van der Waals surface area (Å²) in [6.45, 7) is 4.00. The second-order valence-electron chi connectivity index (χ2n) is 4.98. The lowest BCUT2D eigenvalue weighted by atomic mass is 10.2. The molecule has 2 aromatic heterocycles. The van der Waals surface area contributed by atoms with Crippen LogP contribution in [-0.4, -0.2) is 34.7 Å². The van der Waals surface area contributed by atoms with E-state index in [4.69, 9.17) is 10.00 Å². The van der Waals surface area contributed by atoms with Crippen LogP contribution in [0.5, 0.6) is 0 Å². The molecule has 0 unspecified atom stereocenters. The fourth-order valence-electron chi connectivity index (χ4n) is 2.27. The summed E-state index contributed by atoms with van der Waals surface area (Å²) < 4.78 is 5.48. The Labute approximate surface area is 128 Å². The molecule has 0 aromatic carbocycles. The molecular weight excluding hydrogens is 280 g/mol. The maximum Gasteiger partial charge on any atom is 0.140 e. The van der Waals surface area contributed by atoms with E-state index in [0.717, 1.165) is 24.5 Å². The summed E-state index contributed by atoms with van der Waals surface area (Å²) in [5.41, 5.74) is 2.06. The quantitative estimate of drug-likeness (QED) is 0.885. The van der Waals surface area contributed by atoms with E-state index in [9.17, 15) is 0 Å². The van der Waals surface area contributed by atoms with Gasteiger partial charge in [0.2, 0.25) is 0 Å². The third-order valence-electron chi connectivity index (χ3n) is 3.29. The van der Waals surface area contributed by atoms with Crippen molar-refractivity contribution in [2.75, 3.05) is 25.1 Å². The fourth-order valence-corrected chi connectivity index (χ4v) is 2.27. The second-order valence-corrected chi connectivity index (χ2v) is 4.98. The van der Waals surface area contributed by atoms with Gasteiger partial charge in [0.25, 0.3) is 0 Å². The molecule has 0 radical (unpaired) electrons. The van der Waals surface area contributed by atoms with Crippen molar-refractivity contribution in [1.82, 2.24) is 20.3 Å². The minimum absolute atomic E-state index is 0.0788. The van der Waals surface area contributed by atoms with Crippen LogP contribution in [0.2, 0.25) is 0 Å². The van der Waals surface area contributed by atoms with E-state index in [1.807, 2.05) is 19.1 Å². The molecule has 2 N–H and O–H groups in total. The second kappa shape index (κ2) is 6.47. The van der Waals surface area contributed by atoms with Crippen LogP contribution in [0.4, 0.5) is 11.5 Å². The van der Waals surface area contributed by atoms with E-state index < -0.39 is 0 Å². The van der Waals surface area contributed by atoms with E-state index >= 15 is 0 Å². The van der Waals surface area contributed by atoms with Gasteiger partial charge in [0.1, 0.15) is 23.4 Å². The highest BCUT2D eigenvalue weighted by Gasteiger charge is 2.17. The zero-order valence-electron chi connectivity index (χ0n) is 12.2. The lowest BCUT2D eigenvalue weighted by Gasteiger charge is -2.23. The molecule has 0 amide bonds. The molecule has 0 saturated carbocycles. The molecule has 22 heavy (non-hydrogen) atoms. The molecular formula is C15H16N6O. The summed E-state index contributed by atoms with van der Waals surface area (Å²) in [5.74, 6) is 1.38. The molecule has 7 heteroatoms. The van der Waals surface area contributed by atoms with Crippen LogP contribution in [0, 0.1) is 18.3 Å². The number of anilines is 2. The third kappa shape index (κ3) is 3.36. The summed E-state index contributed by atoms with van der Waals surface area (Å²) >= 11 is 0. The van der Waals surface area contributed by atoms with E-state index in [1.165, 1.54) is 0 Å². The van der Waals surface area contributed by atoms with Gasteiger partial charge < -0.3 is 15.4 Å². The SMILES string of the molecule is Cc1nc(Nc2ccc(C#N)nc2)cc([C@H]2COCCN2)n1. The molecule has 3 heterocycles. The third-order valence-corrected chi connectivity index (χ3v) is 3.29. The highest BCUT2D eigenvalue weighted by atomic mass is 16.5. The number of pyridine rings is 1. The van der Waals surface area contributed by atoms with Crippen molar-refractivity contribution < 1.29 is 4.74 Å². The zero-order chi connectivity index (χ0) is 15.4. The number of aromatic nitrogens is 3. The average molecular weight is 296 g/mol. The standard InChI is InChI=1S/C15H16N6O/c1-10-19-13(14-9-22-5-4-17-14)6-15(20-10)21-12-3-2-11(7-16)18-8-12/h2-3,6,8,14,17H,4-5,9H2,1H3,(H,19,20,21)/t14-/m1/s1. The Balaban J connectivity index is 1.80. The first-order valence-corrected chi connectivity index (χ1v) is 7.04. The molecule has 1 atom stereocenters. The average Bonchev–Trinajstić information content (AvgIpc) is 2.56. The highest BCUT2D eigenvalue weighted by Crippen LogP contribution is 2.19. The van der Waals surface area contributed by atoms with Gasteiger partial charge in [-0.25, -0.2) is 15.0 Å². The smallest absolute Gasteiger partial charge is 0.140 e. The maximum atomic E-state index is 8.76. The van der Waals surface area contributed by atoms with Crippen LogP contribution in [0.15, 0.2) is 24.4 Å². The number of nitrogens with zero attached hydrogens (tertiary/aromatic N) is 4. The molecule has 1 saturated heterocycles. The van der Waals surface area contributed by atoms with E-state index in [0.29, 0.717) is 23.9 Å². The van der Waals surface area contributed by atoms with Gasteiger partial charge in [-0.3, -0.25) is 0 Å². The van der Waals surface area contributed by atoms with Gasteiger partial charge in [-0.15, -0.1) is 0 Å². The first-order chi connectivity index (χ1) is 10.7. The van der Waals surface area contributed by atoms with Gasteiger partial charge in [0.05, 0.1) is 36.8 Å². The van der Waals surface area contributed by atoms with E-state index in [1.54, 1.807) is 18.3 Å². The monoisotopic (exact) mass is 296 g/mol. The molecule has 0 aliphatic carbocycles. The van der Waals surface area contributed by atoms with Gasteiger partial charge in [-0.1, -0.05) is 0 Å². The Bertz CT molecular complexity index is 688. The van der Waals surface area contributed by atoms with Crippen molar-refractivity contribution in [2.45, 2.75) is 13.0 Å². The number of morpholine rings is 1. The Morgan fingerprint density at radius 2 is 2.32 bits per heavy atom. The van der Waals surface area contributed by atoms with Crippen LogP contribution >= 0.6 is 0 Å². The topological polar surface area (TPSA) is 95.8 Å². The van der Waals surface area contributed by atoms with Gasteiger partial charge in [-0.05, 0) is 19.1 Å². The summed E-state index contributed by atoms with van der Waals surface area (Å²) in [5, 5.41) is 15.3. The van der Waals surface area contributed by atoms with Crippen LogP contribution < -0.4 is 10.6 Å². The number of ether oxygens (including phenoxy) is 1. The molecule has 3 rings (SSSR count).